The Hall–Kier alpha value is -3.06. The molecular formula is C27H34N3O5P. The number of carbonyl (C=O) groups is 1. The minimum absolute atomic E-state index is 0.104. The van der Waals surface area contributed by atoms with E-state index in [4.69, 9.17) is 18.8 Å². The molecule has 3 rings (SSSR count). The van der Waals surface area contributed by atoms with Crippen LogP contribution in [0.3, 0.4) is 0 Å². The largest absolute Gasteiger partial charge is 0.464 e. The van der Waals surface area contributed by atoms with Crippen LogP contribution in [0.1, 0.15) is 44.9 Å². The van der Waals surface area contributed by atoms with Crippen LogP contribution < -0.4 is 5.32 Å². The molecule has 8 nitrogen and oxygen atoms in total. The first-order valence-corrected chi connectivity index (χ1v) is 13.9. The van der Waals surface area contributed by atoms with E-state index in [-0.39, 0.29) is 19.8 Å². The van der Waals surface area contributed by atoms with Gasteiger partial charge in [-0.25, -0.2) is 14.8 Å². The molecule has 0 radical (unpaired) electrons. The van der Waals surface area contributed by atoms with Crippen molar-refractivity contribution in [3.05, 3.63) is 78.1 Å². The Morgan fingerprint density at radius 1 is 0.972 bits per heavy atom. The summed E-state index contributed by atoms with van der Waals surface area (Å²) < 4.78 is 30.1. The van der Waals surface area contributed by atoms with E-state index in [9.17, 15) is 9.36 Å². The third-order valence-electron chi connectivity index (χ3n) is 5.30. The Kier molecular flexibility index (Phi) is 10.6. The number of hydrogen-bond acceptors (Lipinski definition) is 8. The van der Waals surface area contributed by atoms with Crippen molar-refractivity contribution >= 4 is 19.4 Å². The minimum atomic E-state index is -3.93. The number of anilines is 1. The van der Waals surface area contributed by atoms with Crippen molar-refractivity contribution in [2.45, 2.75) is 45.8 Å². The Labute approximate surface area is 213 Å². The van der Waals surface area contributed by atoms with Crippen molar-refractivity contribution in [3.8, 4) is 11.3 Å². The number of esters is 1. The highest BCUT2D eigenvalue weighted by atomic mass is 31.2. The second-order valence-electron chi connectivity index (χ2n) is 8.02. The fraction of sp³-hybridized carbons (Fsp3) is 0.370. The fourth-order valence-electron chi connectivity index (χ4n) is 3.55. The first-order valence-electron chi connectivity index (χ1n) is 12.3. The molecule has 1 atom stereocenters. The van der Waals surface area contributed by atoms with Gasteiger partial charge in [0.2, 0.25) is 5.78 Å². The van der Waals surface area contributed by atoms with Gasteiger partial charge in [-0.15, -0.1) is 0 Å². The van der Waals surface area contributed by atoms with Gasteiger partial charge in [-0.3, -0.25) is 4.57 Å². The van der Waals surface area contributed by atoms with E-state index in [0.717, 1.165) is 17.5 Å². The van der Waals surface area contributed by atoms with E-state index < -0.39 is 19.3 Å². The van der Waals surface area contributed by atoms with Gasteiger partial charge in [0.25, 0.3) is 0 Å². The lowest BCUT2D eigenvalue weighted by Gasteiger charge is -2.26. The van der Waals surface area contributed by atoms with Crippen molar-refractivity contribution in [2.24, 2.45) is 0 Å². The van der Waals surface area contributed by atoms with Gasteiger partial charge in [-0.05, 0) is 25.8 Å². The number of ether oxygens (including phenoxy) is 1. The van der Waals surface area contributed by atoms with Crippen molar-refractivity contribution in [3.63, 3.8) is 0 Å². The number of benzene rings is 2. The molecular weight excluding hydrogens is 477 g/mol. The summed E-state index contributed by atoms with van der Waals surface area (Å²) in [6.45, 7) is 5.80. The molecule has 1 unspecified atom stereocenters. The highest BCUT2D eigenvalue weighted by Gasteiger charge is 2.43. The molecule has 0 aliphatic rings. The number of unbranched alkanes of at least 4 members (excludes halogenated alkanes) is 1. The molecule has 1 heterocycles. The standard InChI is InChI=1S/C27H34N3O5P/c1-4-7-18-33-27(31)26(36(32,34-5-2)35-6-3)30-25-23(19-21-14-10-8-11-15-21)29-24(20-28-25)22-16-12-9-13-17-22/h8-17,20,26H,4-7,18-19H2,1-3H3,(H,28,30). The zero-order valence-electron chi connectivity index (χ0n) is 21.1. The number of carbonyl (C=O) groups excluding carboxylic acids is 1. The Morgan fingerprint density at radius 2 is 1.61 bits per heavy atom. The summed E-state index contributed by atoms with van der Waals surface area (Å²) in [4.78, 5) is 22.6. The summed E-state index contributed by atoms with van der Waals surface area (Å²) in [7, 11) is -3.93. The predicted octanol–water partition coefficient (Wildman–Crippen LogP) is 6.08. The topological polar surface area (TPSA) is 99.6 Å². The van der Waals surface area contributed by atoms with Crippen molar-refractivity contribution in [1.82, 2.24) is 9.97 Å². The first kappa shape index (κ1) is 27.5. The predicted molar refractivity (Wildman–Crippen MR) is 141 cm³/mol. The second kappa shape index (κ2) is 13.9. The van der Waals surface area contributed by atoms with Gasteiger partial charge in [0.15, 0.2) is 0 Å². The molecule has 1 aromatic heterocycles. The maximum atomic E-state index is 13.7. The van der Waals surface area contributed by atoms with Crippen LogP contribution >= 0.6 is 7.60 Å². The Balaban J connectivity index is 2.02. The molecule has 0 saturated heterocycles. The molecule has 0 fully saturated rings. The SMILES string of the molecule is CCCCOC(=O)C(Nc1ncc(-c2ccccc2)nc1Cc1ccccc1)P(=O)(OCC)OCC. The smallest absolute Gasteiger partial charge is 0.364 e. The molecule has 0 amide bonds. The summed E-state index contributed by atoms with van der Waals surface area (Å²) >= 11 is 0. The average molecular weight is 512 g/mol. The zero-order valence-corrected chi connectivity index (χ0v) is 21.9. The molecule has 0 saturated carbocycles. The summed E-state index contributed by atoms with van der Waals surface area (Å²) in [5, 5.41) is 3.02. The molecule has 0 spiro atoms. The van der Waals surface area contributed by atoms with Crippen molar-refractivity contribution < 1.29 is 23.1 Å². The van der Waals surface area contributed by atoms with Crippen LogP contribution in [0.4, 0.5) is 5.82 Å². The zero-order chi connectivity index (χ0) is 25.8. The second-order valence-corrected chi connectivity index (χ2v) is 10.1. The summed E-state index contributed by atoms with van der Waals surface area (Å²) in [5.41, 5.74) is 3.20. The number of hydrogen-bond donors (Lipinski definition) is 1. The number of nitrogens with one attached hydrogen (secondary N) is 1. The van der Waals surface area contributed by atoms with Gasteiger partial charge in [0.05, 0.1) is 37.4 Å². The molecule has 0 bridgehead atoms. The molecule has 36 heavy (non-hydrogen) atoms. The van der Waals surface area contributed by atoms with Gasteiger partial charge >= 0.3 is 13.6 Å². The van der Waals surface area contributed by atoms with Gasteiger partial charge in [0.1, 0.15) is 5.82 Å². The van der Waals surface area contributed by atoms with Gasteiger partial charge in [-0.2, -0.15) is 0 Å². The Bertz CT molecular complexity index is 1130. The highest BCUT2D eigenvalue weighted by Crippen LogP contribution is 2.53. The van der Waals surface area contributed by atoms with E-state index in [1.54, 1.807) is 20.0 Å². The monoisotopic (exact) mass is 511 g/mol. The van der Waals surface area contributed by atoms with Crippen molar-refractivity contribution in [2.75, 3.05) is 25.1 Å². The van der Waals surface area contributed by atoms with Crippen molar-refractivity contribution in [1.29, 1.82) is 0 Å². The maximum Gasteiger partial charge on any atom is 0.364 e. The van der Waals surface area contributed by atoms with Gasteiger partial charge in [-0.1, -0.05) is 74.0 Å². The lowest BCUT2D eigenvalue weighted by Crippen LogP contribution is -2.34. The lowest BCUT2D eigenvalue weighted by atomic mass is 10.1. The maximum absolute atomic E-state index is 13.7. The van der Waals surface area contributed by atoms with Gasteiger partial charge in [0, 0.05) is 12.0 Å². The molecule has 1 N–H and O–H groups in total. The highest BCUT2D eigenvalue weighted by molar-refractivity contribution is 7.55. The molecule has 9 heteroatoms. The number of nitrogens with zero attached hydrogens (tertiary/aromatic N) is 2. The summed E-state index contributed by atoms with van der Waals surface area (Å²) in [6.07, 6.45) is 3.62. The van der Waals surface area contributed by atoms with E-state index in [1.165, 1.54) is 0 Å². The molecule has 0 aliphatic heterocycles. The third-order valence-corrected chi connectivity index (χ3v) is 7.51. The molecule has 192 valence electrons. The summed E-state index contributed by atoms with van der Waals surface area (Å²) in [5.74, 6) is -1.79. The Morgan fingerprint density at radius 3 is 2.22 bits per heavy atom. The normalized spacial score (nSPS) is 12.2. The van der Waals surface area contributed by atoms with Crippen LogP contribution in [-0.2, 0) is 29.6 Å². The molecule has 0 aliphatic carbocycles. The number of rotatable bonds is 14. The van der Waals surface area contributed by atoms with E-state index >= 15 is 0 Å². The summed E-state index contributed by atoms with van der Waals surface area (Å²) in [6, 6.07) is 19.5. The lowest BCUT2D eigenvalue weighted by molar-refractivity contribution is -0.143. The van der Waals surface area contributed by atoms with E-state index in [0.29, 0.717) is 30.0 Å². The third kappa shape index (κ3) is 7.47. The van der Waals surface area contributed by atoms with Crippen LogP contribution in [0.2, 0.25) is 0 Å². The molecule has 2 aromatic carbocycles. The van der Waals surface area contributed by atoms with Crippen LogP contribution in [0.25, 0.3) is 11.3 Å². The quantitative estimate of drug-likeness (QED) is 0.158. The minimum Gasteiger partial charge on any atom is -0.464 e. The van der Waals surface area contributed by atoms with Crippen LogP contribution in [-0.4, -0.2) is 41.5 Å². The van der Waals surface area contributed by atoms with Crippen LogP contribution in [0, 0.1) is 0 Å². The number of aromatic nitrogens is 2. The fourth-order valence-corrected chi connectivity index (χ4v) is 5.25. The van der Waals surface area contributed by atoms with Crippen LogP contribution in [0.15, 0.2) is 66.9 Å². The van der Waals surface area contributed by atoms with Gasteiger partial charge < -0.3 is 19.1 Å². The van der Waals surface area contributed by atoms with Crippen LogP contribution in [0.5, 0.6) is 0 Å². The van der Waals surface area contributed by atoms with E-state index in [2.05, 4.69) is 10.3 Å². The molecule has 3 aromatic rings. The average Bonchev–Trinajstić information content (AvgIpc) is 2.89. The van der Waals surface area contributed by atoms with E-state index in [1.807, 2.05) is 67.6 Å². The first-order chi connectivity index (χ1) is 17.5.